The van der Waals surface area contributed by atoms with Gasteiger partial charge >= 0.3 is 0 Å². The quantitative estimate of drug-likeness (QED) is 0.717. The summed E-state index contributed by atoms with van der Waals surface area (Å²) in [5, 5.41) is 2.99. The average Bonchev–Trinajstić information content (AvgIpc) is 2.60. The molecule has 2 rings (SSSR count). The van der Waals surface area contributed by atoms with E-state index in [9.17, 15) is 4.79 Å². The normalized spacial score (nSPS) is 11.7. The van der Waals surface area contributed by atoms with Crippen LogP contribution in [0.5, 0.6) is 11.5 Å². The third kappa shape index (κ3) is 5.46. The molecule has 1 aromatic heterocycles. The van der Waals surface area contributed by atoms with E-state index in [1.807, 2.05) is 45.0 Å². The van der Waals surface area contributed by atoms with Gasteiger partial charge in [-0.3, -0.25) is 9.78 Å². The van der Waals surface area contributed by atoms with Gasteiger partial charge in [-0.05, 0) is 50.1 Å². The summed E-state index contributed by atoms with van der Waals surface area (Å²) in [7, 11) is 0. The van der Waals surface area contributed by atoms with Crippen LogP contribution in [0, 0.1) is 0 Å². The molecule has 1 aromatic carbocycles. The third-order valence-electron chi connectivity index (χ3n) is 3.63. The smallest absolute Gasteiger partial charge is 0.224 e. The predicted molar refractivity (Wildman–Crippen MR) is 101 cm³/mol. The second kappa shape index (κ2) is 9.42. The number of aromatic nitrogens is 1. The molecule has 6 heteroatoms. The van der Waals surface area contributed by atoms with E-state index in [-0.39, 0.29) is 18.4 Å². The highest BCUT2D eigenvalue weighted by Crippen LogP contribution is 2.34. The van der Waals surface area contributed by atoms with Gasteiger partial charge in [-0.1, -0.05) is 22.0 Å². The van der Waals surface area contributed by atoms with Crippen LogP contribution in [0.1, 0.15) is 37.9 Å². The maximum absolute atomic E-state index is 12.4. The predicted octanol–water partition coefficient (Wildman–Crippen LogP) is 4.06. The van der Waals surface area contributed by atoms with Crippen LogP contribution in [0.25, 0.3) is 0 Å². The Morgan fingerprint density at radius 3 is 2.52 bits per heavy atom. The number of carbonyl (C=O) groups is 1. The number of amides is 1. The van der Waals surface area contributed by atoms with Crippen molar-refractivity contribution in [3.8, 4) is 11.5 Å². The number of benzene rings is 1. The van der Waals surface area contributed by atoms with Gasteiger partial charge in [-0.25, -0.2) is 0 Å². The van der Waals surface area contributed by atoms with E-state index in [1.165, 1.54) is 0 Å². The van der Waals surface area contributed by atoms with Crippen LogP contribution in [0.15, 0.2) is 41.1 Å². The summed E-state index contributed by atoms with van der Waals surface area (Å²) in [4.78, 5) is 16.5. The zero-order valence-electron chi connectivity index (χ0n) is 14.7. The highest BCUT2D eigenvalue weighted by Gasteiger charge is 2.15. The zero-order valence-corrected chi connectivity index (χ0v) is 16.3. The van der Waals surface area contributed by atoms with E-state index in [2.05, 4.69) is 26.2 Å². The average molecular weight is 407 g/mol. The summed E-state index contributed by atoms with van der Waals surface area (Å²) in [6, 6.07) is 7.40. The first-order valence-corrected chi connectivity index (χ1v) is 9.11. The van der Waals surface area contributed by atoms with E-state index >= 15 is 0 Å². The molecule has 0 spiro atoms. The molecule has 1 unspecified atom stereocenters. The Balaban J connectivity index is 2.10. The van der Waals surface area contributed by atoms with Gasteiger partial charge in [0.2, 0.25) is 5.91 Å². The number of hydrogen-bond acceptors (Lipinski definition) is 4. The van der Waals surface area contributed by atoms with Crippen LogP contribution in [0.2, 0.25) is 0 Å². The van der Waals surface area contributed by atoms with Crippen LogP contribution in [0.4, 0.5) is 0 Å². The summed E-state index contributed by atoms with van der Waals surface area (Å²) in [6.07, 6.45) is 3.72. The van der Waals surface area contributed by atoms with E-state index in [0.29, 0.717) is 24.7 Å². The minimum absolute atomic E-state index is 0.0661. The van der Waals surface area contributed by atoms with Crippen molar-refractivity contribution in [3.63, 3.8) is 0 Å². The lowest BCUT2D eigenvalue weighted by molar-refractivity contribution is -0.121. The molecule has 1 heterocycles. The standard InChI is InChI=1S/C19H23BrN2O3/c1-4-24-17-9-15(16(20)11-18(17)25-5-2)10-19(23)22-13(3)14-7-6-8-21-12-14/h6-9,11-13H,4-5,10H2,1-3H3,(H,22,23). The number of nitrogens with zero attached hydrogens (tertiary/aromatic N) is 1. The fourth-order valence-electron chi connectivity index (χ4n) is 2.43. The first-order valence-electron chi connectivity index (χ1n) is 8.32. The Morgan fingerprint density at radius 2 is 1.92 bits per heavy atom. The molecule has 0 saturated carbocycles. The highest BCUT2D eigenvalue weighted by molar-refractivity contribution is 9.10. The minimum atomic E-state index is -0.103. The van der Waals surface area contributed by atoms with Gasteiger partial charge in [0, 0.05) is 16.9 Å². The van der Waals surface area contributed by atoms with Crippen LogP contribution < -0.4 is 14.8 Å². The van der Waals surface area contributed by atoms with Crippen molar-refractivity contribution in [2.24, 2.45) is 0 Å². The molecule has 1 N–H and O–H groups in total. The summed E-state index contributed by atoms with van der Waals surface area (Å²) in [5.74, 6) is 1.25. The van der Waals surface area contributed by atoms with Crippen LogP contribution in [-0.4, -0.2) is 24.1 Å². The van der Waals surface area contributed by atoms with Gasteiger partial charge in [0.25, 0.3) is 0 Å². The van der Waals surface area contributed by atoms with Crippen molar-refractivity contribution < 1.29 is 14.3 Å². The van der Waals surface area contributed by atoms with Crippen molar-refractivity contribution in [2.45, 2.75) is 33.2 Å². The molecule has 0 aliphatic carbocycles. The van der Waals surface area contributed by atoms with Gasteiger partial charge in [0.15, 0.2) is 11.5 Å². The van der Waals surface area contributed by atoms with Crippen molar-refractivity contribution in [2.75, 3.05) is 13.2 Å². The molecule has 0 aliphatic rings. The molecule has 0 radical (unpaired) electrons. The van der Waals surface area contributed by atoms with Gasteiger partial charge in [0.1, 0.15) is 0 Å². The summed E-state index contributed by atoms with van der Waals surface area (Å²) in [5.41, 5.74) is 1.82. The molecule has 0 fully saturated rings. The Bertz CT molecular complexity index is 707. The van der Waals surface area contributed by atoms with Gasteiger partial charge < -0.3 is 14.8 Å². The number of hydrogen-bond donors (Lipinski definition) is 1. The number of pyridine rings is 1. The highest BCUT2D eigenvalue weighted by atomic mass is 79.9. The molecule has 25 heavy (non-hydrogen) atoms. The molecule has 5 nitrogen and oxygen atoms in total. The first-order chi connectivity index (χ1) is 12.0. The number of halogens is 1. The molecule has 1 atom stereocenters. The van der Waals surface area contributed by atoms with Gasteiger partial charge in [-0.15, -0.1) is 0 Å². The maximum Gasteiger partial charge on any atom is 0.224 e. The molecule has 1 amide bonds. The molecule has 2 aromatic rings. The summed E-state index contributed by atoms with van der Waals surface area (Å²) >= 11 is 3.52. The van der Waals surface area contributed by atoms with E-state index in [1.54, 1.807) is 12.4 Å². The molecule has 0 bridgehead atoms. The number of ether oxygens (including phenoxy) is 2. The van der Waals surface area contributed by atoms with Crippen molar-refractivity contribution in [3.05, 3.63) is 52.3 Å². The molecule has 0 saturated heterocycles. The van der Waals surface area contributed by atoms with Crippen LogP contribution >= 0.6 is 15.9 Å². The summed E-state index contributed by atoms with van der Waals surface area (Å²) in [6.45, 7) is 6.86. The van der Waals surface area contributed by atoms with E-state index in [0.717, 1.165) is 15.6 Å². The third-order valence-corrected chi connectivity index (χ3v) is 4.36. The Hall–Kier alpha value is -2.08. The molecular weight excluding hydrogens is 384 g/mol. The first kappa shape index (κ1) is 19.2. The Labute approximate surface area is 156 Å². The van der Waals surface area contributed by atoms with Gasteiger partial charge in [0.05, 0.1) is 25.7 Å². The van der Waals surface area contributed by atoms with E-state index < -0.39 is 0 Å². The monoisotopic (exact) mass is 406 g/mol. The molecule has 134 valence electrons. The summed E-state index contributed by atoms with van der Waals surface area (Å²) < 4.78 is 12.0. The number of carbonyl (C=O) groups excluding carboxylic acids is 1. The van der Waals surface area contributed by atoms with Crippen molar-refractivity contribution in [1.29, 1.82) is 0 Å². The molecular formula is C19H23BrN2O3. The lowest BCUT2D eigenvalue weighted by Gasteiger charge is -2.16. The zero-order chi connectivity index (χ0) is 18.2. The van der Waals surface area contributed by atoms with Gasteiger partial charge in [-0.2, -0.15) is 0 Å². The van der Waals surface area contributed by atoms with Crippen molar-refractivity contribution >= 4 is 21.8 Å². The maximum atomic E-state index is 12.4. The Morgan fingerprint density at radius 1 is 1.24 bits per heavy atom. The lowest BCUT2D eigenvalue weighted by Crippen LogP contribution is -2.28. The molecule has 0 aliphatic heterocycles. The number of rotatable bonds is 8. The van der Waals surface area contributed by atoms with Crippen LogP contribution in [0.3, 0.4) is 0 Å². The minimum Gasteiger partial charge on any atom is -0.490 e. The number of nitrogens with one attached hydrogen (secondary N) is 1. The second-order valence-electron chi connectivity index (χ2n) is 5.51. The fraction of sp³-hybridized carbons (Fsp3) is 0.368. The van der Waals surface area contributed by atoms with E-state index in [4.69, 9.17) is 9.47 Å². The topological polar surface area (TPSA) is 60.5 Å². The SMILES string of the molecule is CCOc1cc(Br)c(CC(=O)NC(C)c2cccnc2)cc1OCC. The van der Waals surface area contributed by atoms with Crippen LogP contribution in [-0.2, 0) is 11.2 Å². The Kier molecular flexibility index (Phi) is 7.25. The largest absolute Gasteiger partial charge is 0.490 e. The second-order valence-corrected chi connectivity index (χ2v) is 6.36. The lowest BCUT2D eigenvalue weighted by atomic mass is 10.1. The van der Waals surface area contributed by atoms with Crippen molar-refractivity contribution in [1.82, 2.24) is 10.3 Å². The fourth-order valence-corrected chi connectivity index (χ4v) is 2.89.